The van der Waals surface area contributed by atoms with Crippen LogP contribution in [0.1, 0.15) is 466 Å². The SMILES string of the molecule is CCC(C)CCCCCCCCCCCCCCCCCCCCC(=O)OC[C@H](COP(=O)(O)OCC(O)COP(=O)(O)OC[C@@H](COC(=O)CCCCCCCCC(C)C)OC(=O)CCCCCCCCCCCCCCCCCCCCC(C)C)OC(=O)CCCCCCCCCCCCCCCC(C)C. The molecule has 642 valence electrons. The first-order valence-electron chi connectivity index (χ1n) is 45.7. The number of hydrogen-bond donors (Lipinski definition) is 3. The second kappa shape index (κ2) is 77.6. The van der Waals surface area contributed by atoms with E-state index in [1.54, 1.807) is 0 Å². The number of ether oxygens (including phenoxy) is 4. The normalized spacial score (nSPS) is 14.1. The van der Waals surface area contributed by atoms with Crippen LogP contribution in [-0.4, -0.2) is 96.7 Å². The van der Waals surface area contributed by atoms with Gasteiger partial charge in [0.25, 0.3) is 0 Å². The van der Waals surface area contributed by atoms with Crippen molar-refractivity contribution >= 4 is 39.5 Å². The molecule has 0 aliphatic rings. The van der Waals surface area contributed by atoms with E-state index >= 15 is 0 Å². The molecule has 0 radical (unpaired) electrons. The Bertz CT molecular complexity index is 2100. The van der Waals surface area contributed by atoms with Crippen molar-refractivity contribution in [3.63, 3.8) is 0 Å². The number of phosphoric acid groups is 2. The molecule has 0 bridgehead atoms. The van der Waals surface area contributed by atoms with Gasteiger partial charge in [-0.1, -0.05) is 415 Å². The van der Waals surface area contributed by atoms with E-state index in [-0.39, 0.29) is 25.7 Å². The van der Waals surface area contributed by atoms with Crippen LogP contribution in [0.4, 0.5) is 0 Å². The minimum atomic E-state index is -4.97. The molecule has 108 heavy (non-hydrogen) atoms. The van der Waals surface area contributed by atoms with Crippen LogP contribution in [0.15, 0.2) is 0 Å². The van der Waals surface area contributed by atoms with Crippen LogP contribution in [0.3, 0.4) is 0 Å². The maximum atomic E-state index is 13.2. The lowest BCUT2D eigenvalue weighted by molar-refractivity contribution is -0.161. The number of esters is 4. The van der Waals surface area contributed by atoms with Crippen molar-refractivity contribution in [3.05, 3.63) is 0 Å². The molecule has 0 rings (SSSR count). The van der Waals surface area contributed by atoms with Gasteiger partial charge in [-0.2, -0.15) is 0 Å². The zero-order valence-electron chi connectivity index (χ0n) is 71.5. The minimum Gasteiger partial charge on any atom is -0.462 e. The second-order valence-corrected chi connectivity index (χ2v) is 36.6. The van der Waals surface area contributed by atoms with Crippen LogP contribution in [0, 0.1) is 23.7 Å². The average Bonchev–Trinajstić information content (AvgIpc) is 0.900. The highest BCUT2D eigenvalue weighted by atomic mass is 31.2. The molecule has 3 N–H and O–H groups in total. The summed E-state index contributed by atoms with van der Waals surface area (Å²) in [5.74, 6) is 1.05. The van der Waals surface area contributed by atoms with Crippen molar-refractivity contribution in [2.75, 3.05) is 39.6 Å². The highest BCUT2D eigenvalue weighted by Gasteiger charge is 2.31. The van der Waals surface area contributed by atoms with Gasteiger partial charge in [0, 0.05) is 25.7 Å². The van der Waals surface area contributed by atoms with E-state index in [1.807, 2.05) is 0 Å². The van der Waals surface area contributed by atoms with Gasteiger partial charge >= 0.3 is 39.5 Å². The van der Waals surface area contributed by atoms with Crippen molar-refractivity contribution in [2.45, 2.75) is 485 Å². The zero-order chi connectivity index (χ0) is 79.5. The van der Waals surface area contributed by atoms with E-state index in [0.29, 0.717) is 31.6 Å². The quantitative estimate of drug-likeness (QED) is 0.0222. The van der Waals surface area contributed by atoms with E-state index in [4.69, 9.17) is 37.0 Å². The largest absolute Gasteiger partial charge is 0.472 e. The molecule has 0 aromatic heterocycles. The molecule has 0 saturated carbocycles. The molecule has 4 unspecified atom stereocenters. The van der Waals surface area contributed by atoms with Crippen molar-refractivity contribution in [1.29, 1.82) is 0 Å². The fourth-order valence-electron chi connectivity index (χ4n) is 13.8. The standard InChI is InChI=1S/C89H174O17P2/c1-9-82(8)68-60-52-43-37-31-25-19-15-11-13-16-20-26-32-38-44-53-61-69-86(91)99-75-84(105-88(93)72-64-56-46-40-34-28-22-24-30-36-42-50-58-66-80(4)5)77-103-107(95,96)101-73-83(90)74-102-108(97,98)104-78-85(76-100-87(92)70-62-54-48-47-51-59-67-81(6)7)106-89(94)71-63-55-45-39-33-27-21-17-12-10-14-18-23-29-35-41-49-57-65-79(2)3/h79-85,90H,9-78H2,1-8H3,(H,95,96)(H,97,98)/t82?,83?,84-,85-/m1/s1. The Kier molecular flexibility index (Phi) is 76.2. The second-order valence-electron chi connectivity index (χ2n) is 33.7. The molecule has 0 aliphatic heterocycles. The fourth-order valence-corrected chi connectivity index (χ4v) is 15.4. The highest BCUT2D eigenvalue weighted by molar-refractivity contribution is 7.47. The van der Waals surface area contributed by atoms with Gasteiger partial charge in [0.2, 0.25) is 0 Å². The Labute approximate surface area is 664 Å². The van der Waals surface area contributed by atoms with Crippen molar-refractivity contribution in [3.8, 4) is 0 Å². The maximum absolute atomic E-state index is 13.2. The van der Waals surface area contributed by atoms with Crippen LogP contribution in [-0.2, 0) is 65.4 Å². The monoisotopic (exact) mass is 1580 g/mol. The zero-order valence-corrected chi connectivity index (χ0v) is 73.3. The molecule has 0 amide bonds. The summed E-state index contributed by atoms with van der Waals surface area (Å²) in [5.41, 5.74) is 0. The topological polar surface area (TPSA) is 237 Å². The van der Waals surface area contributed by atoms with E-state index in [0.717, 1.165) is 114 Å². The Morgan fingerprint density at radius 2 is 0.444 bits per heavy atom. The minimum absolute atomic E-state index is 0.107. The third-order valence-corrected chi connectivity index (χ3v) is 23.1. The third-order valence-electron chi connectivity index (χ3n) is 21.2. The lowest BCUT2D eigenvalue weighted by Gasteiger charge is -2.21. The summed E-state index contributed by atoms with van der Waals surface area (Å²) in [5, 5.41) is 10.7. The lowest BCUT2D eigenvalue weighted by atomic mass is 9.99. The van der Waals surface area contributed by atoms with Crippen molar-refractivity contribution in [1.82, 2.24) is 0 Å². The van der Waals surface area contributed by atoms with Gasteiger partial charge in [0.05, 0.1) is 26.4 Å². The molecule has 0 fully saturated rings. The van der Waals surface area contributed by atoms with Crippen LogP contribution in [0.2, 0.25) is 0 Å². The fraction of sp³-hybridized carbons (Fsp3) is 0.955. The first kappa shape index (κ1) is 106. The summed E-state index contributed by atoms with van der Waals surface area (Å²) in [4.78, 5) is 73.3. The van der Waals surface area contributed by atoms with Crippen LogP contribution in [0.5, 0.6) is 0 Å². The lowest BCUT2D eigenvalue weighted by Crippen LogP contribution is -2.30. The van der Waals surface area contributed by atoms with E-state index in [9.17, 15) is 43.2 Å². The molecular weight excluding hydrogens is 1400 g/mol. The number of carbonyl (C=O) groups excluding carboxylic acids is 4. The summed E-state index contributed by atoms with van der Waals surface area (Å²) >= 11 is 0. The van der Waals surface area contributed by atoms with Gasteiger partial charge < -0.3 is 33.8 Å². The predicted octanol–water partition coefficient (Wildman–Crippen LogP) is 27.1. The summed E-state index contributed by atoms with van der Waals surface area (Å²) < 4.78 is 68.9. The van der Waals surface area contributed by atoms with Gasteiger partial charge in [0.1, 0.15) is 19.3 Å². The summed E-state index contributed by atoms with van der Waals surface area (Å²) in [6.07, 6.45) is 68.3. The molecule has 0 saturated heterocycles. The average molecular weight is 1580 g/mol. The van der Waals surface area contributed by atoms with Crippen LogP contribution < -0.4 is 0 Å². The Balaban J connectivity index is 5.17. The summed E-state index contributed by atoms with van der Waals surface area (Å²) in [7, 11) is -9.93. The van der Waals surface area contributed by atoms with E-state index < -0.39 is 97.5 Å². The molecular formula is C89H174O17P2. The van der Waals surface area contributed by atoms with Gasteiger partial charge in [-0.05, 0) is 49.4 Å². The van der Waals surface area contributed by atoms with Gasteiger partial charge in [-0.3, -0.25) is 37.3 Å². The Morgan fingerprint density at radius 1 is 0.259 bits per heavy atom. The summed E-state index contributed by atoms with van der Waals surface area (Å²) in [6, 6.07) is 0. The number of carbonyl (C=O) groups is 4. The first-order valence-corrected chi connectivity index (χ1v) is 48.7. The maximum Gasteiger partial charge on any atom is 0.472 e. The molecule has 17 nitrogen and oxygen atoms in total. The molecule has 6 atom stereocenters. The number of aliphatic hydroxyl groups excluding tert-OH is 1. The van der Waals surface area contributed by atoms with Crippen molar-refractivity contribution < 1.29 is 80.2 Å². The summed E-state index contributed by atoms with van der Waals surface area (Å²) in [6.45, 7) is 14.3. The van der Waals surface area contributed by atoms with Gasteiger partial charge in [-0.15, -0.1) is 0 Å². The van der Waals surface area contributed by atoms with Gasteiger partial charge in [0.15, 0.2) is 12.2 Å². The van der Waals surface area contributed by atoms with Crippen LogP contribution >= 0.6 is 15.6 Å². The van der Waals surface area contributed by atoms with Crippen LogP contribution in [0.25, 0.3) is 0 Å². The number of rotatable bonds is 86. The number of hydrogen-bond acceptors (Lipinski definition) is 15. The van der Waals surface area contributed by atoms with Crippen molar-refractivity contribution in [2.24, 2.45) is 23.7 Å². The third kappa shape index (κ3) is 80.7. The highest BCUT2D eigenvalue weighted by Crippen LogP contribution is 2.45. The molecule has 19 heteroatoms. The smallest absolute Gasteiger partial charge is 0.462 e. The molecule has 0 aromatic rings. The number of unbranched alkanes of at least 4 members (excludes halogenated alkanes) is 51. The first-order chi connectivity index (χ1) is 52.1. The number of phosphoric ester groups is 2. The Hall–Kier alpha value is -1.94. The molecule has 0 aromatic carbocycles. The number of aliphatic hydroxyl groups is 1. The van der Waals surface area contributed by atoms with E-state index in [1.165, 1.54) is 263 Å². The molecule has 0 spiro atoms. The Morgan fingerprint density at radius 3 is 0.657 bits per heavy atom. The predicted molar refractivity (Wildman–Crippen MR) is 446 cm³/mol. The molecule has 0 heterocycles. The molecule has 0 aliphatic carbocycles. The van der Waals surface area contributed by atoms with E-state index in [2.05, 4.69) is 55.4 Å². The van der Waals surface area contributed by atoms with Gasteiger partial charge in [-0.25, -0.2) is 9.13 Å².